The van der Waals surface area contributed by atoms with Gasteiger partial charge in [0.25, 0.3) is 0 Å². The van der Waals surface area contributed by atoms with Crippen molar-refractivity contribution in [3.63, 3.8) is 0 Å². The number of amides is 1. The second-order valence-electron chi connectivity index (χ2n) is 7.03. The molecule has 126 valence electrons. The van der Waals surface area contributed by atoms with E-state index >= 15 is 0 Å². The summed E-state index contributed by atoms with van der Waals surface area (Å²) in [7, 11) is 0. The van der Waals surface area contributed by atoms with Gasteiger partial charge in [0.05, 0.1) is 6.54 Å². The largest absolute Gasteiger partial charge is 0.357 e. The maximum absolute atomic E-state index is 11.6. The summed E-state index contributed by atoms with van der Waals surface area (Å²) in [4.78, 5) is 18.6. The molecule has 0 aromatic rings. The molecule has 22 heavy (non-hydrogen) atoms. The van der Waals surface area contributed by atoms with Crippen LogP contribution in [-0.4, -0.2) is 49.5 Å². The van der Waals surface area contributed by atoms with E-state index in [1.807, 2.05) is 0 Å². The van der Waals surface area contributed by atoms with Gasteiger partial charge in [-0.2, -0.15) is 0 Å². The molecular formula is C17H32N4O. The molecule has 1 atom stereocenters. The summed E-state index contributed by atoms with van der Waals surface area (Å²) in [5.41, 5.74) is 0. The molecule has 5 nitrogen and oxygen atoms in total. The molecule has 0 radical (unpaired) electrons. The van der Waals surface area contributed by atoms with Crippen LogP contribution in [0.1, 0.15) is 46.5 Å². The van der Waals surface area contributed by atoms with E-state index in [-0.39, 0.29) is 11.8 Å². The first-order valence-corrected chi connectivity index (χ1v) is 8.91. The maximum atomic E-state index is 11.6. The summed E-state index contributed by atoms with van der Waals surface area (Å²) in [5.74, 6) is 3.06. The summed E-state index contributed by atoms with van der Waals surface area (Å²) in [6.07, 6.45) is 4.68. The van der Waals surface area contributed by atoms with Gasteiger partial charge in [0.1, 0.15) is 0 Å². The molecule has 0 aromatic heterocycles. The second-order valence-corrected chi connectivity index (χ2v) is 7.03. The Labute approximate surface area is 134 Å². The van der Waals surface area contributed by atoms with Gasteiger partial charge >= 0.3 is 0 Å². The summed E-state index contributed by atoms with van der Waals surface area (Å²) in [5, 5.41) is 6.36. The number of hydrogen-bond acceptors (Lipinski definition) is 2. The minimum Gasteiger partial charge on any atom is -0.357 e. The van der Waals surface area contributed by atoms with E-state index < -0.39 is 0 Å². The molecule has 1 unspecified atom stereocenters. The third kappa shape index (κ3) is 5.50. The number of carbonyl (C=O) groups excluding carboxylic acids is 1. The van der Waals surface area contributed by atoms with Crippen LogP contribution < -0.4 is 10.6 Å². The highest BCUT2D eigenvalue weighted by atomic mass is 16.2. The number of hydrogen-bond donors (Lipinski definition) is 2. The molecule has 1 aliphatic heterocycles. The first-order chi connectivity index (χ1) is 10.6. The second kappa shape index (κ2) is 8.39. The van der Waals surface area contributed by atoms with Gasteiger partial charge in [-0.15, -0.1) is 0 Å². The molecule has 1 aliphatic carbocycles. The van der Waals surface area contributed by atoms with Gasteiger partial charge in [-0.1, -0.05) is 13.8 Å². The molecule has 1 amide bonds. The van der Waals surface area contributed by atoms with Crippen molar-refractivity contribution < 1.29 is 4.79 Å². The molecular weight excluding hydrogens is 276 g/mol. The Morgan fingerprint density at radius 1 is 1.27 bits per heavy atom. The lowest BCUT2D eigenvalue weighted by Gasteiger charge is -2.22. The van der Waals surface area contributed by atoms with Crippen molar-refractivity contribution in [3.05, 3.63) is 0 Å². The zero-order valence-electron chi connectivity index (χ0n) is 14.4. The summed E-state index contributed by atoms with van der Waals surface area (Å²) >= 11 is 0. The predicted octanol–water partition coefficient (Wildman–Crippen LogP) is 1.85. The molecule has 2 rings (SSSR count). The van der Waals surface area contributed by atoms with Crippen LogP contribution in [-0.2, 0) is 4.79 Å². The molecule has 2 aliphatic rings. The quantitative estimate of drug-likeness (QED) is 0.429. The van der Waals surface area contributed by atoms with Gasteiger partial charge in [0.15, 0.2) is 5.96 Å². The van der Waals surface area contributed by atoms with Crippen LogP contribution in [0.25, 0.3) is 0 Å². The molecule has 2 fully saturated rings. The minimum absolute atomic E-state index is 0.207. The third-order valence-electron chi connectivity index (χ3n) is 4.35. The van der Waals surface area contributed by atoms with Crippen molar-refractivity contribution in [3.8, 4) is 0 Å². The fourth-order valence-corrected chi connectivity index (χ4v) is 3.14. The lowest BCUT2D eigenvalue weighted by atomic mass is 9.97. The van der Waals surface area contributed by atoms with Crippen LogP contribution in [0.2, 0.25) is 0 Å². The Kier molecular flexibility index (Phi) is 6.52. The normalized spacial score (nSPS) is 22.3. The van der Waals surface area contributed by atoms with Crippen LogP contribution in [0.3, 0.4) is 0 Å². The van der Waals surface area contributed by atoms with Crippen molar-refractivity contribution in [1.29, 1.82) is 0 Å². The van der Waals surface area contributed by atoms with E-state index in [1.165, 1.54) is 12.8 Å². The van der Waals surface area contributed by atoms with Crippen molar-refractivity contribution in [2.24, 2.45) is 22.7 Å². The smallest absolute Gasteiger partial charge is 0.223 e. The summed E-state index contributed by atoms with van der Waals surface area (Å²) in [6, 6.07) is 0. The third-order valence-corrected chi connectivity index (χ3v) is 4.35. The topological polar surface area (TPSA) is 56.7 Å². The summed E-state index contributed by atoms with van der Waals surface area (Å²) in [6.45, 7) is 11.1. The first-order valence-electron chi connectivity index (χ1n) is 8.91. The zero-order valence-corrected chi connectivity index (χ0v) is 14.4. The fourth-order valence-electron chi connectivity index (χ4n) is 3.14. The SMILES string of the molecule is CCNC(=NCCNC(=O)C1CC1)N1CCC(CC(C)C)C1. The molecule has 1 saturated heterocycles. The van der Waals surface area contributed by atoms with Crippen LogP contribution in [0.15, 0.2) is 4.99 Å². The lowest BCUT2D eigenvalue weighted by Crippen LogP contribution is -2.40. The maximum Gasteiger partial charge on any atom is 0.223 e. The van der Waals surface area contributed by atoms with Crippen LogP contribution in [0.5, 0.6) is 0 Å². The molecule has 2 N–H and O–H groups in total. The zero-order chi connectivity index (χ0) is 15.9. The number of likely N-dealkylation sites (tertiary alicyclic amines) is 1. The highest BCUT2D eigenvalue weighted by Crippen LogP contribution is 2.28. The first kappa shape index (κ1) is 17.1. The van der Waals surface area contributed by atoms with E-state index in [2.05, 4.69) is 41.3 Å². The van der Waals surface area contributed by atoms with Gasteiger partial charge in [-0.3, -0.25) is 9.79 Å². The van der Waals surface area contributed by atoms with E-state index in [4.69, 9.17) is 0 Å². The van der Waals surface area contributed by atoms with Gasteiger partial charge < -0.3 is 15.5 Å². The van der Waals surface area contributed by atoms with Gasteiger partial charge in [0.2, 0.25) is 5.91 Å². The van der Waals surface area contributed by atoms with Crippen LogP contribution in [0, 0.1) is 17.8 Å². The number of rotatable bonds is 7. The molecule has 0 aromatic carbocycles. The van der Waals surface area contributed by atoms with E-state index in [0.29, 0.717) is 13.1 Å². The van der Waals surface area contributed by atoms with Crippen molar-refractivity contribution in [2.75, 3.05) is 32.7 Å². The van der Waals surface area contributed by atoms with Gasteiger partial charge in [-0.25, -0.2) is 0 Å². The number of guanidine groups is 1. The fraction of sp³-hybridized carbons (Fsp3) is 0.882. The van der Waals surface area contributed by atoms with Gasteiger partial charge in [-0.05, 0) is 44.4 Å². The van der Waals surface area contributed by atoms with Crippen molar-refractivity contribution >= 4 is 11.9 Å². The number of aliphatic imine (C=N–C) groups is 1. The molecule has 0 bridgehead atoms. The van der Waals surface area contributed by atoms with Gasteiger partial charge in [0, 0.05) is 32.1 Å². The van der Waals surface area contributed by atoms with Crippen molar-refractivity contribution in [2.45, 2.75) is 46.5 Å². The number of nitrogens with zero attached hydrogens (tertiary/aromatic N) is 2. The Hall–Kier alpha value is -1.26. The highest BCUT2D eigenvalue weighted by Gasteiger charge is 2.29. The summed E-state index contributed by atoms with van der Waals surface area (Å²) < 4.78 is 0. The molecule has 0 spiro atoms. The van der Waals surface area contributed by atoms with Crippen LogP contribution >= 0.6 is 0 Å². The standard InChI is InChI=1S/C17H32N4O/c1-4-18-17(20-9-8-19-16(22)15-5-6-15)21-10-7-14(12-21)11-13(2)3/h13-15H,4-12H2,1-3H3,(H,18,20)(H,19,22). The van der Waals surface area contributed by atoms with E-state index in [9.17, 15) is 4.79 Å². The van der Waals surface area contributed by atoms with Crippen LogP contribution in [0.4, 0.5) is 0 Å². The Bertz CT molecular complexity index is 390. The number of carbonyl (C=O) groups is 1. The predicted molar refractivity (Wildman–Crippen MR) is 90.8 cm³/mol. The molecule has 1 saturated carbocycles. The molecule has 1 heterocycles. The average molecular weight is 308 g/mol. The average Bonchev–Trinajstić information content (AvgIpc) is 3.22. The highest BCUT2D eigenvalue weighted by molar-refractivity contribution is 5.81. The Balaban J connectivity index is 1.75. The Morgan fingerprint density at radius 2 is 2.05 bits per heavy atom. The van der Waals surface area contributed by atoms with Crippen molar-refractivity contribution in [1.82, 2.24) is 15.5 Å². The number of nitrogens with one attached hydrogen (secondary N) is 2. The monoisotopic (exact) mass is 308 g/mol. The lowest BCUT2D eigenvalue weighted by molar-refractivity contribution is -0.122. The van der Waals surface area contributed by atoms with E-state index in [0.717, 1.165) is 50.3 Å². The minimum atomic E-state index is 0.207. The molecule has 5 heteroatoms. The van der Waals surface area contributed by atoms with E-state index in [1.54, 1.807) is 0 Å². The Morgan fingerprint density at radius 3 is 2.68 bits per heavy atom.